The maximum absolute atomic E-state index is 13.0. The first-order chi connectivity index (χ1) is 16.7. The van der Waals surface area contributed by atoms with Gasteiger partial charge in [0.05, 0.1) is 29.8 Å². The second-order valence-corrected chi connectivity index (χ2v) is 11.6. The van der Waals surface area contributed by atoms with Crippen molar-refractivity contribution < 1.29 is 24.5 Å². The summed E-state index contributed by atoms with van der Waals surface area (Å²) in [7, 11) is 1.39. The zero-order valence-electron chi connectivity index (χ0n) is 20.8. The molecule has 1 fully saturated rings. The Hall–Kier alpha value is -1.73. The van der Waals surface area contributed by atoms with Crippen molar-refractivity contribution in [2.45, 2.75) is 77.4 Å². The van der Waals surface area contributed by atoms with Gasteiger partial charge in [-0.3, -0.25) is 9.59 Å². The lowest BCUT2D eigenvalue weighted by Gasteiger charge is -2.22. The standard InChI is InChI=1S/C28H37ClO5S/c1-28(2)26(32)19(10-6-4-5-7-13-24(31)34-3)20(27(28)33)16-14-18(30)15-17-23-25(29)21-11-8-9-12-22(21)35-23/h8-9,11-12,14,16,18-20,27,30,33H,4-7,10,13,15,17H2,1-3H3/b16-14+/t18?,19-,20-,27+/m1/s1. The third-order valence-electron chi connectivity index (χ3n) is 7.24. The van der Waals surface area contributed by atoms with Crippen molar-refractivity contribution in [2.24, 2.45) is 17.3 Å². The summed E-state index contributed by atoms with van der Waals surface area (Å²) in [6.45, 7) is 3.61. The third-order valence-corrected chi connectivity index (χ3v) is 9.01. The van der Waals surface area contributed by atoms with E-state index < -0.39 is 17.6 Å². The normalized spacial score (nSPS) is 22.8. The van der Waals surface area contributed by atoms with Crippen LogP contribution in [0.2, 0.25) is 5.02 Å². The smallest absolute Gasteiger partial charge is 0.305 e. The maximum atomic E-state index is 13.0. The van der Waals surface area contributed by atoms with E-state index in [2.05, 4.69) is 4.74 Å². The van der Waals surface area contributed by atoms with Gasteiger partial charge in [0.2, 0.25) is 0 Å². The fourth-order valence-electron chi connectivity index (χ4n) is 5.01. The SMILES string of the molecule is COC(=O)CCCCCC[C@H]1C(=O)C(C)(C)[C@@H](O)[C@@H]1/C=C/C(O)CCc1sc2ccccc2c1Cl. The van der Waals surface area contributed by atoms with E-state index in [0.29, 0.717) is 25.7 Å². The van der Waals surface area contributed by atoms with Crippen LogP contribution >= 0.6 is 22.9 Å². The molecule has 2 aromatic rings. The van der Waals surface area contributed by atoms with Gasteiger partial charge >= 0.3 is 5.97 Å². The van der Waals surface area contributed by atoms with Crippen molar-refractivity contribution in [3.63, 3.8) is 0 Å². The molecule has 0 aliphatic heterocycles. The molecule has 1 unspecified atom stereocenters. The van der Waals surface area contributed by atoms with E-state index in [1.54, 1.807) is 31.3 Å². The summed E-state index contributed by atoms with van der Waals surface area (Å²) in [6, 6.07) is 8.01. The first kappa shape index (κ1) is 27.9. The highest BCUT2D eigenvalue weighted by Crippen LogP contribution is 2.45. The number of esters is 1. The van der Waals surface area contributed by atoms with Crippen molar-refractivity contribution in [3.05, 3.63) is 46.3 Å². The molecule has 5 nitrogen and oxygen atoms in total. The molecule has 0 saturated heterocycles. The number of benzene rings is 1. The van der Waals surface area contributed by atoms with E-state index in [9.17, 15) is 19.8 Å². The summed E-state index contributed by atoms with van der Waals surface area (Å²) >= 11 is 8.18. The molecule has 1 aromatic carbocycles. The summed E-state index contributed by atoms with van der Waals surface area (Å²) < 4.78 is 5.80. The molecule has 0 radical (unpaired) electrons. The van der Waals surface area contributed by atoms with Crippen LogP contribution in [0, 0.1) is 17.3 Å². The van der Waals surface area contributed by atoms with Gasteiger partial charge in [-0.05, 0) is 31.7 Å². The van der Waals surface area contributed by atoms with E-state index in [-0.39, 0.29) is 23.6 Å². The summed E-state index contributed by atoms with van der Waals surface area (Å²) in [5.74, 6) is -0.684. The van der Waals surface area contributed by atoms with E-state index in [4.69, 9.17) is 11.6 Å². The first-order valence-electron chi connectivity index (χ1n) is 12.5. The van der Waals surface area contributed by atoms with Crippen LogP contribution in [0.15, 0.2) is 36.4 Å². The number of aliphatic hydroxyl groups excluding tert-OH is 2. The molecule has 192 valence electrons. The highest BCUT2D eigenvalue weighted by Gasteiger charge is 2.52. The van der Waals surface area contributed by atoms with Crippen molar-refractivity contribution in [1.29, 1.82) is 0 Å². The Bertz CT molecular complexity index is 1040. The topological polar surface area (TPSA) is 83.8 Å². The molecular weight excluding hydrogens is 484 g/mol. The number of rotatable bonds is 12. The van der Waals surface area contributed by atoms with Crippen molar-refractivity contribution in [1.82, 2.24) is 0 Å². The highest BCUT2D eigenvalue weighted by molar-refractivity contribution is 7.19. The predicted octanol–water partition coefficient (Wildman–Crippen LogP) is 6.12. The maximum Gasteiger partial charge on any atom is 0.305 e. The molecule has 1 aliphatic carbocycles. The molecule has 35 heavy (non-hydrogen) atoms. The molecule has 0 spiro atoms. The predicted molar refractivity (Wildman–Crippen MR) is 142 cm³/mol. The number of ketones is 1. The van der Waals surface area contributed by atoms with Gasteiger partial charge in [0.25, 0.3) is 0 Å². The minimum atomic E-state index is -0.805. The van der Waals surface area contributed by atoms with Crippen LogP contribution in [0.3, 0.4) is 0 Å². The molecule has 1 aromatic heterocycles. The third kappa shape index (κ3) is 6.73. The number of ether oxygens (including phenoxy) is 1. The summed E-state index contributed by atoms with van der Waals surface area (Å²) in [5.41, 5.74) is -0.805. The van der Waals surface area contributed by atoms with Crippen LogP contribution in [0.4, 0.5) is 0 Å². The lowest BCUT2D eigenvalue weighted by molar-refractivity contribution is -0.140. The zero-order valence-corrected chi connectivity index (χ0v) is 22.4. The van der Waals surface area contributed by atoms with Crippen LogP contribution in [-0.4, -0.2) is 41.3 Å². The monoisotopic (exact) mass is 520 g/mol. The Morgan fingerprint density at radius 1 is 1.23 bits per heavy atom. The van der Waals surface area contributed by atoms with Gasteiger partial charge in [0, 0.05) is 33.2 Å². The Kier molecular flexibility index (Phi) is 9.94. The number of hydrogen-bond acceptors (Lipinski definition) is 6. The molecule has 4 atom stereocenters. The van der Waals surface area contributed by atoms with Gasteiger partial charge in [-0.15, -0.1) is 11.3 Å². The lowest BCUT2D eigenvalue weighted by Crippen LogP contribution is -2.31. The molecule has 0 bridgehead atoms. The summed E-state index contributed by atoms with van der Waals surface area (Å²) in [6.07, 6.45) is 7.87. The van der Waals surface area contributed by atoms with Gasteiger partial charge in [-0.2, -0.15) is 0 Å². The molecular formula is C28H37ClO5S. The Labute approximate surface area is 217 Å². The summed E-state index contributed by atoms with van der Waals surface area (Å²) in [4.78, 5) is 25.3. The molecule has 2 N–H and O–H groups in total. The molecule has 7 heteroatoms. The van der Waals surface area contributed by atoms with Crippen LogP contribution in [0.25, 0.3) is 10.1 Å². The number of carbonyl (C=O) groups excluding carboxylic acids is 2. The minimum Gasteiger partial charge on any atom is -0.469 e. The number of aryl methyl sites for hydroxylation is 1. The average molecular weight is 521 g/mol. The van der Waals surface area contributed by atoms with Gasteiger partial charge in [0.15, 0.2) is 0 Å². The van der Waals surface area contributed by atoms with Gasteiger partial charge in [0.1, 0.15) is 5.78 Å². The lowest BCUT2D eigenvalue weighted by atomic mass is 9.86. The van der Waals surface area contributed by atoms with Crippen LogP contribution in [0.5, 0.6) is 0 Å². The van der Waals surface area contributed by atoms with Gasteiger partial charge in [-0.1, -0.05) is 75.1 Å². The number of fused-ring (bicyclic) bond motifs is 1. The van der Waals surface area contributed by atoms with Crippen LogP contribution < -0.4 is 0 Å². The number of methoxy groups -OCH3 is 1. The van der Waals surface area contributed by atoms with E-state index >= 15 is 0 Å². The highest BCUT2D eigenvalue weighted by atomic mass is 35.5. The molecule has 3 rings (SSSR count). The Morgan fingerprint density at radius 3 is 2.66 bits per heavy atom. The largest absolute Gasteiger partial charge is 0.469 e. The number of carbonyl (C=O) groups is 2. The summed E-state index contributed by atoms with van der Waals surface area (Å²) in [5, 5.41) is 23.3. The Morgan fingerprint density at radius 2 is 1.94 bits per heavy atom. The number of thiophene rings is 1. The van der Waals surface area contributed by atoms with Crippen LogP contribution in [0.1, 0.15) is 63.7 Å². The molecule has 1 saturated carbocycles. The quantitative estimate of drug-likeness (QED) is 0.200. The van der Waals surface area contributed by atoms with E-state index in [0.717, 1.165) is 45.7 Å². The fraction of sp³-hybridized carbons (Fsp3) is 0.571. The molecule has 1 aliphatic rings. The van der Waals surface area contributed by atoms with Crippen molar-refractivity contribution in [2.75, 3.05) is 7.11 Å². The fourth-order valence-corrected chi connectivity index (χ4v) is 6.55. The minimum absolute atomic E-state index is 0.0840. The number of hydrogen-bond donors (Lipinski definition) is 2. The van der Waals surface area contributed by atoms with Crippen molar-refractivity contribution >= 4 is 44.8 Å². The molecule has 1 heterocycles. The van der Waals surface area contributed by atoms with Gasteiger partial charge in [-0.25, -0.2) is 0 Å². The van der Waals surface area contributed by atoms with Crippen LogP contribution in [-0.2, 0) is 20.7 Å². The first-order valence-corrected chi connectivity index (χ1v) is 13.7. The average Bonchev–Trinajstić information content (AvgIpc) is 3.25. The van der Waals surface area contributed by atoms with Gasteiger partial charge < -0.3 is 14.9 Å². The Balaban J connectivity index is 1.55. The van der Waals surface area contributed by atoms with Crippen molar-refractivity contribution in [3.8, 4) is 0 Å². The van der Waals surface area contributed by atoms with E-state index in [1.165, 1.54) is 7.11 Å². The second kappa shape index (κ2) is 12.5. The zero-order chi connectivity index (χ0) is 25.6. The van der Waals surface area contributed by atoms with E-state index in [1.807, 2.05) is 30.3 Å². The number of aliphatic hydroxyl groups is 2. The second-order valence-electron chi connectivity index (χ2n) is 10.1. The number of halogens is 1. The number of unbranched alkanes of at least 4 members (excludes halogenated alkanes) is 3. The molecule has 0 amide bonds. The number of Topliss-reactive ketones (excluding diaryl/α,β-unsaturated/α-hetero) is 1.